The summed E-state index contributed by atoms with van der Waals surface area (Å²) < 4.78 is 66.6. The molecular formula is C9H13NO8S2. The lowest BCUT2D eigenvalue weighted by molar-refractivity contribution is -0.459. The van der Waals surface area contributed by atoms with Gasteiger partial charge in [-0.25, -0.2) is 4.74 Å². The van der Waals surface area contributed by atoms with Gasteiger partial charge in [-0.1, -0.05) is 13.8 Å². The summed E-state index contributed by atoms with van der Waals surface area (Å²) in [6, 6.07) is 0.629. The molecule has 0 spiro atoms. The summed E-state index contributed by atoms with van der Waals surface area (Å²) in [5.41, 5.74) is 0. The van der Waals surface area contributed by atoms with E-state index in [1.165, 1.54) is 0 Å². The van der Waals surface area contributed by atoms with E-state index in [-0.39, 0.29) is 12.5 Å². The van der Waals surface area contributed by atoms with E-state index in [1.54, 1.807) is 13.8 Å². The summed E-state index contributed by atoms with van der Waals surface area (Å²) in [7, 11) is -9.93. The van der Waals surface area contributed by atoms with E-state index in [1.807, 2.05) is 0 Å². The van der Waals surface area contributed by atoms with Gasteiger partial charge in [-0.15, -0.1) is 0 Å². The molecule has 1 aromatic rings. The molecule has 0 aliphatic carbocycles. The van der Waals surface area contributed by atoms with E-state index >= 15 is 0 Å². The third-order valence-corrected chi connectivity index (χ3v) is 3.77. The smallest absolute Gasteiger partial charge is 0.329 e. The molecule has 1 heterocycles. The molecule has 0 radical (unpaired) electrons. The summed E-state index contributed by atoms with van der Waals surface area (Å²) in [5.74, 6) is -0.429. The number of hydrogen-bond donors (Lipinski definition) is 2. The highest BCUT2D eigenvalue weighted by molar-refractivity contribution is 7.88. The Kier molecular flexibility index (Phi) is 4.59. The van der Waals surface area contributed by atoms with Crippen LogP contribution in [0, 0.1) is 11.1 Å². The van der Waals surface area contributed by atoms with Crippen LogP contribution in [0.15, 0.2) is 20.5 Å². The first kappa shape index (κ1) is 16.6. The second-order valence-electron chi connectivity index (χ2n) is 4.37. The molecule has 2 N–H and O–H groups in total. The van der Waals surface area contributed by atoms with Crippen molar-refractivity contribution in [2.24, 2.45) is 5.92 Å². The van der Waals surface area contributed by atoms with Gasteiger partial charge in [0.1, 0.15) is 0 Å². The van der Waals surface area contributed by atoms with Gasteiger partial charge in [-0.2, -0.15) is 16.8 Å². The Morgan fingerprint density at radius 2 is 1.85 bits per heavy atom. The largest absolute Gasteiger partial charge is 0.624 e. The maximum absolute atomic E-state index is 11.4. The lowest BCUT2D eigenvalue weighted by atomic mass is 10.2. The minimum absolute atomic E-state index is 0.000743. The van der Waals surface area contributed by atoms with Crippen LogP contribution in [0.5, 0.6) is 0 Å². The molecule has 0 bridgehead atoms. The quantitative estimate of drug-likeness (QED) is 0.259. The fourth-order valence-electron chi connectivity index (χ4n) is 1.35. The SMILES string of the molecule is CC(C)C[N+]([O-])=Cc1cc(S(=O)(=O)O)c(S(=O)(=O)O)o1. The summed E-state index contributed by atoms with van der Waals surface area (Å²) >= 11 is 0. The Labute approximate surface area is 115 Å². The Morgan fingerprint density at radius 1 is 1.30 bits per heavy atom. The first-order chi connectivity index (χ1) is 8.91. The van der Waals surface area contributed by atoms with Crippen LogP contribution in [-0.4, -0.2) is 43.4 Å². The fourth-order valence-corrected chi connectivity index (χ4v) is 3.02. The molecule has 11 heteroatoms. The van der Waals surface area contributed by atoms with E-state index < -0.39 is 36.0 Å². The predicted molar refractivity (Wildman–Crippen MR) is 66.8 cm³/mol. The average Bonchev–Trinajstić information content (AvgIpc) is 2.58. The monoisotopic (exact) mass is 327 g/mol. The molecule has 9 nitrogen and oxygen atoms in total. The van der Waals surface area contributed by atoms with E-state index in [9.17, 15) is 22.0 Å². The van der Waals surface area contributed by atoms with Gasteiger partial charge in [0.15, 0.2) is 17.2 Å². The third-order valence-electron chi connectivity index (χ3n) is 2.01. The summed E-state index contributed by atoms with van der Waals surface area (Å²) in [5, 5.41) is 10.1. The molecule has 0 fully saturated rings. The number of nitrogens with zero attached hydrogens (tertiary/aromatic N) is 1. The standard InChI is InChI=1S/C9H13NO8S2/c1-6(2)4-10(11)5-7-3-8(19(12,13)14)9(18-7)20(15,16)17/h3,5-6H,4H2,1-2H3,(H,12,13,14)(H,15,16,17). The fraction of sp³-hybridized carbons (Fsp3) is 0.444. The Hall–Kier alpha value is -1.43. The second kappa shape index (κ2) is 5.52. The van der Waals surface area contributed by atoms with E-state index in [2.05, 4.69) is 4.42 Å². The zero-order chi connectivity index (χ0) is 15.7. The van der Waals surface area contributed by atoms with E-state index in [4.69, 9.17) is 9.11 Å². The van der Waals surface area contributed by atoms with Crippen molar-refractivity contribution in [2.75, 3.05) is 6.54 Å². The first-order valence-corrected chi connectivity index (χ1v) is 8.16. The number of hydroxylamine groups is 1. The zero-order valence-corrected chi connectivity index (χ0v) is 12.2. The van der Waals surface area contributed by atoms with Crippen molar-refractivity contribution in [1.29, 1.82) is 0 Å². The molecule has 1 aromatic heterocycles. The Balaban J connectivity index is 3.38. The zero-order valence-electron chi connectivity index (χ0n) is 10.5. The van der Waals surface area contributed by atoms with Gasteiger partial charge in [-0.3, -0.25) is 9.11 Å². The van der Waals surface area contributed by atoms with Crippen molar-refractivity contribution in [1.82, 2.24) is 0 Å². The van der Waals surface area contributed by atoms with Crippen LogP contribution in [0.1, 0.15) is 19.6 Å². The highest BCUT2D eigenvalue weighted by Crippen LogP contribution is 2.24. The van der Waals surface area contributed by atoms with Crippen LogP contribution in [0.2, 0.25) is 0 Å². The van der Waals surface area contributed by atoms with Gasteiger partial charge in [0, 0.05) is 12.0 Å². The summed E-state index contributed by atoms with van der Waals surface area (Å²) in [6.07, 6.45) is 0.809. The van der Waals surface area contributed by atoms with Gasteiger partial charge in [0.25, 0.3) is 15.2 Å². The highest BCUT2D eigenvalue weighted by Gasteiger charge is 2.30. The minimum atomic E-state index is -5.00. The van der Waals surface area contributed by atoms with Crippen LogP contribution in [-0.2, 0) is 20.2 Å². The van der Waals surface area contributed by atoms with Crippen LogP contribution >= 0.6 is 0 Å². The van der Waals surface area contributed by atoms with Gasteiger partial charge in [0.2, 0.25) is 6.21 Å². The topological polar surface area (TPSA) is 148 Å². The third kappa shape index (κ3) is 4.30. The van der Waals surface area contributed by atoms with Crippen molar-refractivity contribution in [3.05, 3.63) is 17.0 Å². The van der Waals surface area contributed by atoms with Crippen molar-refractivity contribution >= 4 is 26.5 Å². The molecule has 0 aromatic carbocycles. The molecule has 0 aliphatic heterocycles. The van der Waals surface area contributed by atoms with Crippen molar-refractivity contribution in [2.45, 2.75) is 23.8 Å². The molecule has 0 saturated carbocycles. The van der Waals surface area contributed by atoms with E-state index in [0.29, 0.717) is 10.8 Å². The van der Waals surface area contributed by atoms with Crippen molar-refractivity contribution in [3.63, 3.8) is 0 Å². The maximum Gasteiger partial charge on any atom is 0.329 e. The Morgan fingerprint density at radius 3 is 2.20 bits per heavy atom. The van der Waals surface area contributed by atoms with E-state index in [0.717, 1.165) is 6.21 Å². The van der Waals surface area contributed by atoms with Crippen LogP contribution in [0.3, 0.4) is 0 Å². The number of rotatable bonds is 5. The van der Waals surface area contributed by atoms with Crippen molar-refractivity contribution in [3.8, 4) is 0 Å². The Bertz CT molecular complexity index is 676. The van der Waals surface area contributed by atoms with Crippen LogP contribution in [0.4, 0.5) is 0 Å². The second-order valence-corrected chi connectivity index (χ2v) is 7.08. The molecule has 0 amide bonds. The molecule has 0 aliphatic rings. The van der Waals surface area contributed by atoms with Crippen LogP contribution < -0.4 is 0 Å². The van der Waals surface area contributed by atoms with Crippen molar-refractivity contribution < 1.29 is 35.1 Å². The maximum atomic E-state index is 11.4. The first-order valence-electron chi connectivity index (χ1n) is 5.28. The number of hydrogen-bond acceptors (Lipinski definition) is 6. The predicted octanol–water partition coefficient (Wildman–Crippen LogP) is 0.358. The highest BCUT2D eigenvalue weighted by atomic mass is 32.2. The van der Waals surface area contributed by atoms with Gasteiger partial charge >= 0.3 is 10.1 Å². The molecule has 114 valence electrons. The molecule has 1 rings (SSSR count). The molecular weight excluding hydrogens is 314 g/mol. The molecule has 0 saturated heterocycles. The lowest BCUT2D eigenvalue weighted by Crippen LogP contribution is -2.12. The molecule has 0 atom stereocenters. The summed E-state index contributed by atoms with van der Waals surface area (Å²) in [4.78, 5) is -1.14. The normalized spacial score (nSPS) is 13.9. The van der Waals surface area contributed by atoms with Gasteiger partial charge in [0.05, 0.1) is 0 Å². The lowest BCUT2D eigenvalue weighted by Gasteiger charge is -2.04. The van der Waals surface area contributed by atoms with Gasteiger partial charge < -0.3 is 9.62 Å². The number of furan rings is 1. The average molecular weight is 327 g/mol. The molecule has 20 heavy (non-hydrogen) atoms. The van der Waals surface area contributed by atoms with Gasteiger partial charge in [-0.05, 0) is 0 Å². The molecule has 0 unspecified atom stereocenters. The van der Waals surface area contributed by atoms with Crippen LogP contribution in [0.25, 0.3) is 0 Å². The summed E-state index contributed by atoms with van der Waals surface area (Å²) in [6.45, 7) is 3.57. The minimum Gasteiger partial charge on any atom is -0.624 e.